The Kier molecular flexibility index (Phi) is 7.70. The highest BCUT2D eigenvalue weighted by Gasteiger charge is 2.13. The van der Waals surface area contributed by atoms with Gasteiger partial charge in [0.05, 0.1) is 28.6 Å². The molecule has 11 heteroatoms. The number of aliphatic hydroxyl groups is 1. The van der Waals surface area contributed by atoms with Crippen LogP contribution in [-0.2, 0) is 14.8 Å². The normalized spacial score (nSPS) is 12.6. The van der Waals surface area contributed by atoms with Gasteiger partial charge in [0.2, 0.25) is 15.9 Å². The summed E-state index contributed by atoms with van der Waals surface area (Å²) in [6, 6.07) is 16.2. The number of anilines is 2. The summed E-state index contributed by atoms with van der Waals surface area (Å²) in [5.74, 6) is 0.580. The largest absolute Gasteiger partial charge is 0.492 e. The third-order valence-corrected chi connectivity index (χ3v) is 6.37. The van der Waals surface area contributed by atoms with Gasteiger partial charge >= 0.3 is 0 Å². The number of carbonyl (C=O) groups excluding carboxylic acids is 1. The number of hydrogen-bond acceptors (Lipinski definition) is 6. The zero-order chi connectivity index (χ0) is 25.9. The summed E-state index contributed by atoms with van der Waals surface area (Å²) in [7, 11) is -3.49. The zero-order valence-corrected chi connectivity index (χ0v) is 21.3. The first-order chi connectivity index (χ1) is 17.1. The Morgan fingerprint density at radius 2 is 1.81 bits per heavy atom. The lowest BCUT2D eigenvalue weighted by Crippen LogP contribution is -2.26. The summed E-state index contributed by atoms with van der Waals surface area (Å²) in [6.07, 6.45) is 0.181. The summed E-state index contributed by atoms with van der Waals surface area (Å²) < 4.78 is 31.2. The molecule has 4 aromatic rings. The van der Waals surface area contributed by atoms with Crippen molar-refractivity contribution in [1.29, 1.82) is 0 Å². The molecule has 36 heavy (non-hydrogen) atoms. The van der Waals surface area contributed by atoms with E-state index in [1.165, 1.54) is 19.1 Å². The predicted molar refractivity (Wildman–Crippen MR) is 143 cm³/mol. The Morgan fingerprint density at radius 1 is 1.08 bits per heavy atom. The van der Waals surface area contributed by atoms with E-state index in [4.69, 9.17) is 16.3 Å². The molecule has 0 saturated carbocycles. The topological polar surface area (TPSA) is 133 Å². The average Bonchev–Trinajstić information content (AvgIpc) is 3.15. The van der Waals surface area contributed by atoms with Crippen LogP contribution >= 0.6 is 11.6 Å². The number of fused-ring (bicyclic) bond motifs is 3. The molecule has 3 aromatic carbocycles. The Balaban J connectivity index is 1.31. The number of ether oxygens (including phenoxy) is 1. The second kappa shape index (κ2) is 10.8. The maximum atomic E-state index is 11.5. The molecule has 1 atom stereocenters. The molecule has 0 fully saturated rings. The lowest BCUT2D eigenvalue weighted by Gasteiger charge is -2.15. The number of hydrogen-bond donors (Lipinski definition) is 5. The highest BCUT2D eigenvalue weighted by molar-refractivity contribution is 7.92. The van der Waals surface area contributed by atoms with Crippen molar-refractivity contribution in [2.75, 3.05) is 36.0 Å². The van der Waals surface area contributed by atoms with Crippen LogP contribution in [0.4, 0.5) is 11.4 Å². The van der Waals surface area contributed by atoms with Gasteiger partial charge < -0.3 is 25.5 Å². The molecule has 0 saturated heterocycles. The molecule has 1 amide bonds. The third-order valence-electron chi connectivity index (χ3n) is 5.45. The van der Waals surface area contributed by atoms with Crippen LogP contribution in [0.25, 0.3) is 21.8 Å². The fourth-order valence-corrected chi connectivity index (χ4v) is 4.68. The van der Waals surface area contributed by atoms with E-state index in [1.54, 1.807) is 6.07 Å². The van der Waals surface area contributed by atoms with Gasteiger partial charge in [-0.05, 0) is 42.0 Å². The molecular formula is C25H27ClN4O5S. The van der Waals surface area contributed by atoms with Crippen LogP contribution in [0.2, 0.25) is 5.02 Å². The zero-order valence-electron chi connectivity index (χ0n) is 19.8. The molecule has 9 nitrogen and oxygen atoms in total. The number of amides is 1. The molecule has 0 unspecified atom stereocenters. The number of aromatic nitrogens is 1. The van der Waals surface area contributed by atoms with Crippen LogP contribution in [0.5, 0.6) is 5.75 Å². The average molecular weight is 531 g/mol. The lowest BCUT2D eigenvalue weighted by molar-refractivity contribution is -0.114. The van der Waals surface area contributed by atoms with E-state index in [2.05, 4.69) is 20.3 Å². The number of H-pyrrole nitrogens is 1. The second-order valence-corrected chi connectivity index (χ2v) is 10.6. The molecule has 5 N–H and O–H groups in total. The van der Waals surface area contributed by atoms with Gasteiger partial charge in [0, 0.05) is 48.1 Å². The summed E-state index contributed by atoms with van der Waals surface area (Å²) in [6.45, 7) is 2.60. The van der Waals surface area contributed by atoms with Crippen molar-refractivity contribution in [3.8, 4) is 5.75 Å². The molecule has 0 radical (unpaired) electrons. The molecule has 0 bridgehead atoms. The molecule has 0 aliphatic heterocycles. The summed E-state index contributed by atoms with van der Waals surface area (Å²) >= 11 is 6.04. The number of benzene rings is 3. The van der Waals surface area contributed by atoms with E-state index in [-0.39, 0.29) is 23.2 Å². The van der Waals surface area contributed by atoms with Crippen molar-refractivity contribution in [3.63, 3.8) is 0 Å². The van der Waals surface area contributed by atoms with E-state index in [9.17, 15) is 18.3 Å². The minimum Gasteiger partial charge on any atom is -0.492 e. The highest BCUT2D eigenvalue weighted by atomic mass is 35.5. The van der Waals surface area contributed by atoms with E-state index >= 15 is 0 Å². The maximum absolute atomic E-state index is 11.5. The first-order valence-electron chi connectivity index (χ1n) is 11.2. The fraction of sp³-hybridized carbons (Fsp3) is 0.240. The monoisotopic (exact) mass is 530 g/mol. The van der Waals surface area contributed by atoms with E-state index in [0.717, 1.165) is 33.7 Å². The number of sulfonamides is 1. The smallest absolute Gasteiger partial charge is 0.229 e. The molecule has 0 aliphatic carbocycles. The van der Waals surface area contributed by atoms with Crippen LogP contribution < -0.4 is 20.1 Å². The van der Waals surface area contributed by atoms with Gasteiger partial charge in [-0.1, -0.05) is 23.7 Å². The number of rotatable bonds is 10. The van der Waals surface area contributed by atoms with Gasteiger partial charge in [-0.2, -0.15) is 0 Å². The van der Waals surface area contributed by atoms with E-state index in [1.807, 2.05) is 36.4 Å². The van der Waals surface area contributed by atoms with Crippen LogP contribution in [0.1, 0.15) is 18.6 Å². The predicted octanol–water partition coefficient (Wildman–Crippen LogP) is 4.01. The Labute approximate surface area is 213 Å². The van der Waals surface area contributed by atoms with Crippen molar-refractivity contribution < 1.29 is 23.1 Å². The van der Waals surface area contributed by atoms with Crippen molar-refractivity contribution in [2.24, 2.45) is 0 Å². The molecule has 4 rings (SSSR count). The van der Waals surface area contributed by atoms with Crippen molar-refractivity contribution >= 4 is 60.7 Å². The molecule has 0 aliphatic rings. The van der Waals surface area contributed by atoms with Gasteiger partial charge in [-0.25, -0.2) is 8.42 Å². The highest BCUT2D eigenvalue weighted by Crippen LogP contribution is 2.30. The van der Waals surface area contributed by atoms with E-state index in [0.29, 0.717) is 24.5 Å². The lowest BCUT2D eigenvalue weighted by atomic mass is 10.1. The van der Waals surface area contributed by atoms with E-state index < -0.39 is 16.1 Å². The summed E-state index contributed by atoms with van der Waals surface area (Å²) in [5, 5.41) is 18.7. The number of aliphatic hydroxyl groups excluding tert-OH is 1. The van der Waals surface area contributed by atoms with Gasteiger partial charge in [0.25, 0.3) is 0 Å². The fourth-order valence-electron chi connectivity index (χ4n) is 3.89. The Bertz CT molecular complexity index is 1520. The molecular weight excluding hydrogens is 504 g/mol. The number of aromatic amines is 1. The quantitative estimate of drug-likeness (QED) is 0.197. The van der Waals surface area contributed by atoms with Crippen LogP contribution in [-0.4, -0.2) is 50.4 Å². The van der Waals surface area contributed by atoms with Gasteiger partial charge in [-0.15, -0.1) is 0 Å². The summed E-state index contributed by atoms with van der Waals surface area (Å²) in [4.78, 5) is 14.7. The number of carbonyl (C=O) groups is 1. The standard InChI is InChI=1S/C25H27ClN4O5S/c1-15(31)28-17-4-6-19-20-7-5-18(13-23(20)29-22(19)12-17)35-10-9-27-14-25(32)16-3-8-21(26)24(11-16)30-36(2,33)34/h3-8,11-13,25,27,29-30,32H,9-10,14H2,1-2H3,(H,28,31)/t25-/m0/s1. The third kappa shape index (κ3) is 6.46. The molecule has 1 aromatic heterocycles. The van der Waals surface area contributed by atoms with Crippen LogP contribution in [0.3, 0.4) is 0 Å². The van der Waals surface area contributed by atoms with Crippen molar-refractivity contribution in [3.05, 3.63) is 65.2 Å². The Hall–Kier alpha value is -3.31. The van der Waals surface area contributed by atoms with Gasteiger partial charge in [0.1, 0.15) is 12.4 Å². The molecule has 190 valence electrons. The van der Waals surface area contributed by atoms with Gasteiger partial charge in [0.15, 0.2) is 0 Å². The molecule has 1 heterocycles. The SMILES string of the molecule is CC(=O)Nc1ccc2c(c1)[nH]c1cc(OCCNC[C@H](O)c3ccc(Cl)c(NS(C)(=O)=O)c3)ccc12. The first kappa shape index (κ1) is 25.8. The number of nitrogens with one attached hydrogen (secondary N) is 4. The minimum atomic E-state index is -3.49. The molecule has 0 spiro atoms. The van der Waals surface area contributed by atoms with Gasteiger partial charge in [-0.3, -0.25) is 9.52 Å². The summed E-state index contributed by atoms with van der Waals surface area (Å²) in [5.41, 5.74) is 3.32. The van der Waals surface area contributed by atoms with Crippen LogP contribution in [0.15, 0.2) is 54.6 Å². The minimum absolute atomic E-state index is 0.121. The number of halogens is 1. The first-order valence-corrected chi connectivity index (χ1v) is 13.5. The maximum Gasteiger partial charge on any atom is 0.229 e. The van der Waals surface area contributed by atoms with Crippen molar-refractivity contribution in [2.45, 2.75) is 13.0 Å². The Morgan fingerprint density at radius 3 is 2.53 bits per heavy atom. The van der Waals surface area contributed by atoms with Crippen LogP contribution in [0, 0.1) is 0 Å². The second-order valence-electron chi connectivity index (χ2n) is 8.46. The van der Waals surface area contributed by atoms with Crippen molar-refractivity contribution in [1.82, 2.24) is 10.3 Å².